The van der Waals surface area contributed by atoms with Crippen LogP contribution in [0.5, 0.6) is 0 Å². The highest BCUT2D eigenvalue weighted by atomic mass is 127. The molecule has 1 aromatic rings. The molecule has 0 aliphatic carbocycles. The first kappa shape index (κ1) is 24.2. The lowest BCUT2D eigenvalue weighted by molar-refractivity contribution is -0.121. The molecule has 154 valence electrons. The number of rotatable bonds is 6. The molecule has 2 rings (SSSR count). The van der Waals surface area contributed by atoms with Crippen LogP contribution in [-0.4, -0.2) is 55.5 Å². The Morgan fingerprint density at radius 3 is 2.78 bits per heavy atom. The van der Waals surface area contributed by atoms with Crippen molar-refractivity contribution in [1.29, 1.82) is 0 Å². The third kappa shape index (κ3) is 9.75. The number of thiophene rings is 1. The van der Waals surface area contributed by atoms with Gasteiger partial charge in [0.1, 0.15) is 0 Å². The van der Waals surface area contributed by atoms with Gasteiger partial charge in [0.2, 0.25) is 5.91 Å². The molecule has 8 heteroatoms. The van der Waals surface area contributed by atoms with Gasteiger partial charge in [0.15, 0.2) is 5.96 Å². The number of nitrogens with zero attached hydrogens (tertiary/aromatic N) is 2. The van der Waals surface area contributed by atoms with E-state index < -0.39 is 0 Å². The Morgan fingerprint density at radius 2 is 2.15 bits per heavy atom. The largest absolute Gasteiger partial charge is 0.356 e. The van der Waals surface area contributed by atoms with Crippen molar-refractivity contribution in [1.82, 2.24) is 20.9 Å². The van der Waals surface area contributed by atoms with Crippen molar-refractivity contribution >= 4 is 47.2 Å². The number of carbonyl (C=O) groups excluding carboxylic acids is 1. The Kier molecular flexibility index (Phi) is 10.6. The number of carbonyl (C=O) groups is 1. The van der Waals surface area contributed by atoms with Crippen molar-refractivity contribution in [2.75, 3.05) is 33.2 Å². The van der Waals surface area contributed by atoms with E-state index in [0.29, 0.717) is 11.9 Å². The number of piperidine rings is 1. The summed E-state index contributed by atoms with van der Waals surface area (Å²) in [6.45, 7) is 10.4. The number of likely N-dealkylation sites (tertiary alicyclic amines) is 1. The minimum absolute atomic E-state index is 0. The Balaban J connectivity index is 0.00000364. The predicted octanol–water partition coefficient (Wildman–Crippen LogP) is 2.66. The lowest BCUT2D eigenvalue weighted by Gasteiger charge is -2.32. The van der Waals surface area contributed by atoms with Gasteiger partial charge in [-0.15, -0.1) is 35.3 Å². The molecule has 6 nitrogen and oxygen atoms in total. The number of hydrogen-bond acceptors (Lipinski definition) is 4. The highest BCUT2D eigenvalue weighted by molar-refractivity contribution is 14.0. The first-order valence-electron chi connectivity index (χ1n) is 9.36. The fraction of sp³-hybridized carbons (Fsp3) is 0.684. The summed E-state index contributed by atoms with van der Waals surface area (Å²) in [5.74, 6) is 1.26. The van der Waals surface area contributed by atoms with Crippen LogP contribution >= 0.6 is 35.3 Å². The maximum Gasteiger partial charge on any atom is 0.239 e. The van der Waals surface area contributed by atoms with Crippen LogP contribution in [0.4, 0.5) is 0 Å². The molecule has 1 aliphatic heterocycles. The molecule has 0 radical (unpaired) electrons. The van der Waals surface area contributed by atoms with Gasteiger partial charge in [0.05, 0.1) is 6.54 Å². The second-order valence-electron chi connectivity index (χ2n) is 7.93. The number of guanidine groups is 1. The number of aliphatic imine (C=N–C) groups is 1. The molecule has 1 atom stereocenters. The van der Waals surface area contributed by atoms with Gasteiger partial charge in [-0.1, -0.05) is 6.07 Å². The second kappa shape index (κ2) is 11.9. The fourth-order valence-corrected chi connectivity index (χ4v) is 3.92. The summed E-state index contributed by atoms with van der Waals surface area (Å²) in [4.78, 5) is 20.1. The molecule has 1 fully saturated rings. The molecule has 1 unspecified atom stereocenters. The third-order valence-corrected chi connectivity index (χ3v) is 5.14. The van der Waals surface area contributed by atoms with E-state index in [1.165, 1.54) is 24.3 Å². The summed E-state index contributed by atoms with van der Waals surface area (Å²) in [6.07, 6.45) is 2.47. The number of hydrogen-bond donors (Lipinski definition) is 3. The smallest absolute Gasteiger partial charge is 0.239 e. The number of amides is 1. The van der Waals surface area contributed by atoms with Crippen LogP contribution < -0.4 is 16.0 Å². The van der Waals surface area contributed by atoms with Crippen LogP contribution in [0.3, 0.4) is 0 Å². The van der Waals surface area contributed by atoms with Crippen LogP contribution in [0.25, 0.3) is 0 Å². The predicted molar refractivity (Wildman–Crippen MR) is 125 cm³/mol. The van der Waals surface area contributed by atoms with E-state index in [1.54, 1.807) is 7.05 Å². The zero-order valence-electron chi connectivity index (χ0n) is 16.9. The average molecular weight is 507 g/mol. The lowest BCUT2D eigenvalue weighted by atomic mass is 9.98. The van der Waals surface area contributed by atoms with E-state index in [0.717, 1.165) is 19.6 Å². The van der Waals surface area contributed by atoms with Crippen molar-refractivity contribution < 1.29 is 4.79 Å². The molecular formula is C19H34IN5OS. The van der Waals surface area contributed by atoms with Gasteiger partial charge in [-0.2, -0.15) is 0 Å². The molecule has 1 aromatic heterocycles. The van der Waals surface area contributed by atoms with Gasteiger partial charge in [-0.05, 0) is 57.5 Å². The lowest BCUT2D eigenvalue weighted by Crippen LogP contribution is -2.49. The summed E-state index contributed by atoms with van der Waals surface area (Å²) in [5.41, 5.74) is -0.218. The maximum absolute atomic E-state index is 11.9. The summed E-state index contributed by atoms with van der Waals surface area (Å²) < 4.78 is 0. The topological polar surface area (TPSA) is 68.8 Å². The Hall–Kier alpha value is -0.870. The van der Waals surface area contributed by atoms with Crippen LogP contribution in [0.2, 0.25) is 0 Å². The monoisotopic (exact) mass is 507 g/mol. The van der Waals surface area contributed by atoms with E-state index in [9.17, 15) is 4.79 Å². The van der Waals surface area contributed by atoms with Crippen molar-refractivity contribution in [3.05, 3.63) is 22.4 Å². The standard InChI is InChI=1S/C19H33N5OS.HI/c1-19(2,3)23-17(25)12-22-18(20-4)21-11-15-7-5-9-24(13-15)14-16-8-6-10-26-16;/h6,8,10,15H,5,7,9,11-14H2,1-4H3,(H,23,25)(H2,20,21,22);1H. The SMILES string of the molecule is CN=C(NCC(=O)NC(C)(C)C)NCC1CCCN(Cc2cccs2)C1.I. The van der Waals surface area contributed by atoms with Crippen molar-refractivity contribution in [2.24, 2.45) is 10.9 Å². The van der Waals surface area contributed by atoms with Gasteiger partial charge in [0, 0.05) is 37.1 Å². The molecule has 3 N–H and O–H groups in total. The number of halogens is 1. The second-order valence-corrected chi connectivity index (χ2v) is 8.96. The summed E-state index contributed by atoms with van der Waals surface area (Å²) in [6, 6.07) is 4.33. The van der Waals surface area contributed by atoms with Gasteiger partial charge in [0.25, 0.3) is 0 Å². The zero-order valence-corrected chi connectivity index (χ0v) is 20.0. The highest BCUT2D eigenvalue weighted by Gasteiger charge is 2.20. The first-order valence-corrected chi connectivity index (χ1v) is 10.2. The molecule has 0 spiro atoms. The maximum atomic E-state index is 11.9. The van der Waals surface area contributed by atoms with Crippen LogP contribution in [0.1, 0.15) is 38.5 Å². The van der Waals surface area contributed by atoms with Crippen LogP contribution in [-0.2, 0) is 11.3 Å². The van der Waals surface area contributed by atoms with Crippen molar-refractivity contribution in [3.8, 4) is 0 Å². The van der Waals surface area contributed by atoms with E-state index in [2.05, 4.69) is 43.4 Å². The summed E-state index contributed by atoms with van der Waals surface area (Å²) in [7, 11) is 1.74. The highest BCUT2D eigenvalue weighted by Crippen LogP contribution is 2.19. The third-order valence-electron chi connectivity index (χ3n) is 4.28. The van der Waals surface area contributed by atoms with E-state index in [1.807, 2.05) is 32.1 Å². The van der Waals surface area contributed by atoms with Crippen LogP contribution in [0.15, 0.2) is 22.5 Å². The minimum atomic E-state index is -0.218. The number of nitrogens with one attached hydrogen (secondary N) is 3. The van der Waals surface area contributed by atoms with Gasteiger partial charge in [-0.25, -0.2) is 0 Å². The Labute approximate surface area is 184 Å². The first-order chi connectivity index (χ1) is 12.4. The molecule has 1 saturated heterocycles. The van der Waals surface area contributed by atoms with Crippen molar-refractivity contribution in [3.63, 3.8) is 0 Å². The molecule has 1 amide bonds. The summed E-state index contributed by atoms with van der Waals surface area (Å²) in [5, 5.41) is 11.5. The Bertz CT molecular complexity index is 585. The Morgan fingerprint density at radius 1 is 1.37 bits per heavy atom. The average Bonchev–Trinajstić information content (AvgIpc) is 3.07. The normalized spacial score (nSPS) is 18.5. The van der Waals surface area contributed by atoms with E-state index in [4.69, 9.17) is 0 Å². The van der Waals surface area contributed by atoms with E-state index >= 15 is 0 Å². The molecule has 0 aromatic carbocycles. The fourth-order valence-electron chi connectivity index (χ4n) is 3.17. The molecule has 0 bridgehead atoms. The summed E-state index contributed by atoms with van der Waals surface area (Å²) >= 11 is 1.83. The van der Waals surface area contributed by atoms with Gasteiger partial charge < -0.3 is 16.0 Å². The molecule has 0 saturated carbocycles. The molecule has 27 heavy (non-hydrogen) atoms. The minimum Gasteiger partial charge on any atom is -0.356 e. The molecule has 2 heterocycles. The molecule has 1 aliphatic rings. The molecular weight excluding hydrogens is 473 g/mol. The quantitative estimate of drug-likeness (QED) is 0.315. The van der Waals surface area contributed by atoms with Crippen molar-refractivity contribution in [2.45, 2.75) is 45.7 Å². The van der Waals surface area contributed by atoms with Gasteiger partial charge in [-0.3, -0.25) is 14.7 Å². The zero-order chi connectivity index (χ0) is 19.0. The van der Waals surface area contributed by atoms with Crippen LogP contribution in [0, 0.1) is 5.92 Å². The van der Waals surface area contributed by atoms with Gasteiger partial charge >= 0.3 is 0 Å². The van der Waals surface area contributed by atoms with E-state index in [-0.39, 0.29) is 42.0 Å².